The molecule has 0 aliphatic heterocycles. The Balaban J connectivity index is 1.90. The summed E-state index contributed by atoms with van der Waals surface area (Å²) in [5, 5.41) is 14.0. The van der Waals surface area contributed by atoms with Crippen molar-refractivity contribution in [3.63, 3.8) is 0 Å². The highest BCUT2D eigenvalue weighted by molar-refractivity contribution is 5.95. The van der Waals surface area contributed by atoms with Crippen LogP contribution in [0.1, 0.15) is 21.6 Å². The van der Waals surface area contributed by atoms with Crippen LogP contribution in [0.5, 0.6) is 0 Å². The van der Waals surface area contributed by atoms with Gasteiger partial charge < -0.3 is 20.7 Å². The molecule has 2 amide bonds. The number of aliphatic hydroxyl groups excluding tert-OH is 1. The Morgan fingerprint density at radius 1 is 1.24 bits per heavy atom. The number of amides is 2. The van der Waals surface area contributed by atoms with Gasteiger partial charge >= 0.3 is 6.18 Å². The van der Waals surface area contributed by atoms with E-state index in [-0.39, 0.29) is 12.2 Å². The fourth-order valence-electron chi connectivity index (χ4n) is 1.93. The van der Waals surface area contributed by atoms with Crippen molar-refractivity contribution in [1.82, 2.24) is 20.6 Å². The monoisotopic (exact) mass is 356 g/mol. The number of carbonyl (C=O) groups excluding carboxylic acids is 2. The first kappa shape index (κ1) is 18.5. The van der Waals surface area contributed by atoms with Crippen LogP contribution in [0, 0.1) is 0 Å². The molecule has 0 radical (unpaired) electrons. The summed E-state index contributed by atoms with van der Waals surface area (Å²) in [5.74, 6) is -1.29. The van der Waals surface area contributed by atoms with E-state index < -0.39 is 36.2 Å². The number of carbonyl (C=O) groups is 2. The third-order valence-corrected chi connectivity index (χ3v) is 3.30. The number of H-pyrrole nitrogens is 1. The third-order valence-electron chi connectivity index (χ3n) is 3.30. The summed E-state index contributed by atoms with van der Waals surface area (Å²) in [7, 11) is 0. The van der Waals surface area contributed by atoms with Crippen molar-refractivity contribution >= 4 is 11.8 Å². The van der Waals surface area contributed by atoms with Gasteiger partial charge in [0.15, 0.2) is 0 Å². The van der Waals surface area contributed by atoms with Crippen molar-refractivity contribution in [3.05, 3.63) is 53.6 Å². The average molecular weight is 356 g/mol. The molecule has 0 saturated heterocycles. The molecule has 0 unspecified atom stereocenters. The highest BCUT2D eigenvalue weighted by atomic mass is 19.4. The molecular weight excluding hydrogens is 341 g/mol. The number of aromatic nitrogens is 2. The molecule has 1 aromatic carbocycles. The van der Waals surface area contributed by atoms with Gasteiger partial charge in [-0.2, -0.15) is 13.2 Å². The molecule has 2 rings (SSSR count). The third kappa shape index (κ3) is 5.05. The molecule has 0 bridgehead atoms. The molecule has 0 aliphatic carbocycles. The first-order valence-electron chi connectivity index (χ1n) is 7.15. The lowest BCUT2D eigenvalue weighted by Gasteiger charge is -2.16. The SMILES string of the molecule is O=C(N[C@@H](CO)C(=O)NCc1ccc(C(F)(F)F)cc1)c1cnc[nH]1. The van der Waals surface area contributed by atoms with Crippen LogP contribution >= 0.6 is 0 Å². The maximum atomic E-state index is 12.5. The molecule has 0 saturated carbocycles. The van der Waals surface area contributed by atoms with Crippen LogP contribution in [-0.4, -0.2) is 39.5 Å². The van der Waals surface area contributed by atoms with Crippen molar-refractivity contribution in [3.8, 4) is 0 Å². The van der Waals surface area contributed by atoms with Crippen molar-refractivity contribution in [2.24, 2.45) is 0 Å². The predicted octanol–water partition coefficient (Wildman–Crippen LogP) is 0.836. The van der Waals surface area contributed by atoms with E-state index in [9.17, 15) is 27.9 Å². The lowest BCUT2D eigenvalue weighted by Crippen LogP contribution is -2.48. The molecule has 1 heterocycles. The molecule has 2 aromatic rings. The summed E-state index contributed by atoms with van der Waals surface area (Å²) < 4.78 is 37.4. The Morgan fingerprint density at radius 3 is 2.44 bits per heavy atom. The second-order valence-corrected chi connectivity index (χ2v) is 5.09. The summed E-state index contributed by atoms with van der Waals surface area (Å²) >= 11 is 0. The predicted molar refractivity (Wildman–Crippen MR) is 80.2 cm³/mol. The number of halogens is 3. The number of benzene rings is 1. The number of alkyl halides is 3. The standard InChI is InChI=1S/C15H15F3N4O3/c16-15(17,18)10-3-1-9(2-4-10)5-20-13(24)12(7-23)22-14(25)11-6-19-8-21-11/h1-4,6,8,12,23H,5,7H2,(H,19,21)(H,20,24)(H,22,25)/t12-/m0/s1. The van der Waals surface area contributed by atoms with E-state index in [2.05, 4.69) is 20.6 Å². The van der Waals surface area contributed by atoms with Crippen molar-refractivity contribution < 1.29 is 27.9 Å². The maximum absolute atomic E-state index is 12.5. The Morgan fingerprint density at radius 2 is 1.92 bits per heavy atom. The lowest BCUT2D eigenvalue weighted by molar-refractivity contribution is -0.137. The zero-order chi connectivity index (χ0) is 18.4. The summed E-state index contributed by atoms with van der Waals surface area (Å²) in [5.41, 5.74) is -0.227. The highest BCUT2D eigenvalue weighted by Gasteiger charge is 2.30. The van der Waals surface area contributed by atoms with Gasteiger partial charge in [-0.05, 0) is 17.7 Å². The van der Waals surface area contributed by atoms with Gasteiger partial charge in [0.1, 0.15) is 11.7 Å². The van der Waals surface area contributed by atoms with E-state index in [0.717, 1.165) is 12.1 Å². The Bertz CT molecular complexity index is 715. The molecule has 7 nitrogen and oxygen atoms in total. The summed E-state index contributed by atoms with van der Waals surface area (Å²) in [6, 6.07) is 3.08. The zero-order valence-corrected chi connectivity index (χ0v) is 12.8. The number of imidazole rings is 1. The number of nitrogens with zero attached hydrogens (tertiary/aromatic N) is 1. The number of hydrogen-bond acceptors (Lipinski definition) is 4. The van der Waals surface area contributed by atoms with Gasteiger partial charge in [-0.25, -0.2) is 4.98 Å². The Labute approximate surface area is 140 Å². The van der Waals surface area contributed by atoms with Crippen molar-refractivity contribution in [2.45, 2.75) is 18.8 Å². The van der Waals surface area contributed by atoms with Crippen LogP contribution in [-0.2, 0) is 17.5 Å². The van der Waals surface area contributed by atoms with E-state index in [1.54, 1.807) is 0 Å². The lowest BCUT2D eigenvalue weighted by atomic mass is 10.1. The normalized spacial score (nSPS) is 12.5. The van der Waals surface area contributed by atoms with Crippen LogP contribution in [0.25, 0.3) is 0 Å². The molecule has 10 heteroatoms. The molecule has 134 valence electrons. The Kier molecular flexibility index (Phi) is 5.75. The van der Waals surface area contributed by atoms with Gasteiger partial charge in [0.25, 0.3) is 5.91 Å². The minimum absolute atomic E-state index is 0.0482. The number of nitrogens with one attached hydrogen (secondary N) is 3. The molecule has 0 fully saturated rings. The van der Waals surface area contributed by atoms with Gasteiger partial charge in [-0.1, -0.05) is 12.1 Å². The van der Waals surface area contributed by atoms with Crippen molar-refractivity contribution in [2.75, 3.05) is 6.61 Å². The first-order valence-corrected chi connectivity index (χ1v) is 7.15. The topological polar surface area (TPSA) is 107 Å². The minimum Gasteiger partial charge on any atom is -0.394 e. The van der Waals surface area contributed by atoms with Gasteiger partial charge in [0.05, 0.1) is 24.7 Å². The van der Waals surface area contributed by atoms with E-state index in [4.69, 9.17) is 0 Å². The van der Waals surface area contributed by atoms with Crippen LogP contribution in [0.15, 0.2) is 36.8 Å². The number of rotatable bonds is 6. The van der Waals surface area contributed by atoms with Gasteiger partial charge in [0.2, 0.25) is 5.91 Å². The second-order valence-electron chi connectivity index (χ2n) is 5.09. The maximum Gasteiger partial charge on any atom is 0.416 e. The van der Waals surface area contributed by atoms with E-state index in [1.165, 1.54) is 24.7 Å². The molecule has 4 N–H and O–H groups in total. The first-order chi connectivity index (χ1) is 11.8. The van der Waals surface area contributed by atoms with Gasteiger partial charge in [-0.15, -0.1) is 0 Å². The average Bonchev–Trinajstić information content (AvgIpc) is 3.11. The molecule has 0 spiro atoms. The summed E-state index contributed by atoms with van der Waals surface area (Å²) in [6.07, 6.45) is -1.89. The smallest absolute Gasteiger partial charge is 0.394 e. The second kappa shape index (κ2) is 7.79. The zero-order valence-electron chi connectivity index (χ0n) is 12.8. The number of hydrogen-bond donors (Lipinski definition) is 4. The van der Waals surface area contributed by atoms with Crippen LogP contribution in [0.2, 0.25) is 0 Å². The van der Waals surface area contributed by atoms with E-state index >= 15 is 0 Å². The molecule has 25 heavy (non-hydrogen) atoms. The number of aromatic amines is 1. The van der Waals surface area contributed by atoms with Crippen LogP contribution < -0.4 is 10.6 Å². The van der Waals surface area contributed by atoms with Crippen LogP contribution in [0.4, 0.5) is 13.2 Å². The van der Waals surface area contributed by atoms with Gasteiger partial charge in [-0.3, -0.25) is 9.59 Å². The molecular formula is C15H15F3N4O3. The quantitative estimate of drug-likeness (QED) is 0.615. The molecule has 0 aliphatic rings. The summed E-state index contributed by atoms with van der Waals surface area (Å²) in [4.78, 5) is 30.0. The van der Waals surface area contributed by atoms with Crippen LogP contribution in [0.3, 0.4) is 0 Å². The highest BCUT2D eigenvalue weighted by Crippen LogP contribution is 2.28. The molecule has 1 atom stereocenters. The van der Waals surface area contributed by atoms with Gasteiger partial charge in [0, 0.05) is 6.54 Å². The fraction of sp³-hybridized carbons (Fsp3) is 0.267. The minimum atomic E-state index is -4.43. The largest absolute Gasteiger partial charge is 0.416 e. The van der Waals surface area contributed by atoms with E-state index in [1.807, 2.05) is 0 Å². The molecule has 1 aromatic heterocycles. The summed E-state index contributed by atoms with van der Waals surface area (Å²) in [6.45, 7) is -0.688. The Hall–Kier alpha value is -2.88. The van der Waals surface area contributed by atoms with E-state index in [0.29, 0.717) is 5.56 Å². The van der Waals surface area contributed by atoms with Crippen molar-refractivity contribution in [1.29, 1.82) is 0 Å². The fourth-order valence-corrected chi connectivity index (χ4v) is 1.93. The number of aliphatic hydroxyl groups is 1.